The first-order valence-corrected chi connectivity index (χ1v) is 9.94. The van der Waals surface area contributed by atoms with E-state index in [1.165, 1.54) is 12.1 Å². The Morgan fingerprint density at radius 1 is 1.29 bits per heavy atom. The van der Waals surface area contributed by atoms with E-state index in [0.717, 1.165) is 43.6 Å². The molecule has 5 nitrogen and oxygen atoms in total. The zero-order chi connectivity index (χ0) is 19.6. The van der Waals surface area contributed by atoms with Crippen molar-refractivity contribution in [2.75, 3.05) is 24.6 Å². The molecule has 148 valence electrons. The topological polar surface area (TPSA) is 65.5 Å². The molecule has 1 saturated heterocycles. The molecule has 0 bridgehead atoms. The average molecular weight is 383 g/mol. The molecule has 1 aliphatic carbocycles. The van der Waals surface area contributed by atoms with Gasteiger partial charge in [0.15, 0.2) is 0 Å². The minimum Gasteiger partial charge on any atom is -0.396 e. The standard InChI is InChI=1S/C22H26FN3O2/c23-18-4-2-16(3-5-18)13-22(15-27)9-1-11-26(14-22)20-12-17(8-10-24-20)21(28)25-19-6-7-19/h2-5,8,10,12,19,27H,1,6-7,9,11,13-15H2,(H,25,28). The molecule has 2 heterocycles. The Morgan fingerprint density at radius 3 is 2.79 bits per heavy atom. The summed E-state index contributed by atoms with van der Waals surface area (Å²) in [5.74, 6) is 0.459. The number of aliphatic hydroxyl groups is 1. The summed E-state index contributed by atoms with van der Waals surface area (Å²) in [6, 6.07) is 10.4. The maximum atomic E-state index is 13.2. The van der Waals surface area contributed by atoms with Crippen molar-refractivity contribution < 1.29 is 14.3 Å². The van der Waals surface area contributed by atoms with Crippen molar-refractivity contribution in [3.63, 3.8) is 0 Å². The Kier molecular flexibility index (Phi) is 5.31. The number of nitrogens with one attached hydrogen (secondary N) is 1. The molecule has 2 fully saturated rings. The smallest absolute Gasteiger partial charge is 0.251 e. The second-order valence-electron chi connectivity index (χ2n) is 8.14. The highest BCUT2D eigenvalue weighted by Crippen LogP contribution is 2.35. The molecule has 1 amide bonds. The van der Waals surface area contributed by atoms with Gasteiger partial charge in [0.2, 0.25) is 0 Å². The van der Waals surface area contributed by atoms with Crippen LogP contribution in [0.4, 0.5) is 10.2 Å². The monoisotopic (exact) mass is 383 g/mol. The molecule has 28 heavy (non-hydrogen) atoms. The molecule has 4 rings (SSSR count). The second-order valence-corrected chi connectivity index (χ2v) is 8.14. The zero-order valence-corrected chi connectivity index (χ0v) is 15.9. The SMILES string of the molecule is O=C(NC1CC1)c1ccnc(N2CCCC(CO)(Cc3ccc(F)cc3)C2)c1. The van der Waals surface area contributed by atoms with E-state index < -0.39 is 0 Å². The van der Waals surface area contributed by atoms with Crippen molar-refractivity contribution >= 4 is 11.7 Å². The van der Waals surface area contributed by atoms with Gasteiger partial charge in [0.25, 0.3) is 5.91 Å². The predicted molar refractivity (Wildman–Crippen MR) is 106 cm³/mol. The first-order chi connectivity index (χ1) is 13.6. The van der Waals surface area contributed by atoms with Gasteiger partial charge in [-0.2, -0.15) is 0 Å². The zero-order valence-electron chi connectivity index (χ0n) is 15.9. The lowest BCUT2D eigenvalue weighted by Crippen LogP contribution is -2.47. The number of amides is 1. The Bertz CT molecular complexity index is 838. The average Bonchev–Trinajstić information content (AvgIpc) is 3.54. The van der Waals surface area contributed by atoms with Gasteiger partial charge in [0.05, 0.1) is 6.61 Å². The predicted octanol–water partition coefficient (Wildman–Crippen LogP) is 2.93. The minimum atomic E-state index is -0.302. The van der Waals surface area contributed by atoms with Crippen LogP contribution in [-0.2, 0) is 6.42 Å². The number of halogens is 1. The Hall–Kier alpha value is -2.47. The summed E-state index contributed by atoms with van der Waals surface area (Å²) < 4.78 is 13.2. The lowest BCUT2D eigenvalue weighted by Gasteiger charge is -2.42. The normalized spacial score (nSPS) is 22.1. The van der Waals surface area contributed by atoms with Gasteiger partial charge >= 0.3 is 0 Å². The summed E-state index contributed by atoms with van der Waals surface area (Å²) in [6.45, 7) is 1.55. The number of aliphatic hydroxyl groups excluding tert-OH is 1. The number of hydrogen-bond donors (Lipinski definition) is 2. The van der Waals surface area contributed by atoms with Crippen LogP contribution in [-0.4, -0.2) is 41.7 Å². The van der Waals surface area contributed by atoms with Gasteiger partial charge in [-0.05, 0) is 61.9 Å². The molecule has 2 N–H and O–H groups in total. The van der Waals surface area contributed by atoms with Crippen LogP contribution in [0.2, 0.25) is 0 Å². The third-order valence-electron chi connectivity index (χ3n) is 5.73. The summed E-state index contributed by atoms with van der Waals surface area (Å²) >= 11 is 0. The Labute approximate surface area is 164 Å². The summed E-state index contributed by atoms with van der Waals surface area (Å²) in [5, 5.41) is 13.2. The van der Waals surface area contributed by atoms with Crippen LogP contribution >= 0.6 is 0 Å². The van der Waals surface area contributed by atoms with Gasteiger partial charge < -0.3 is 15.3 Å². The Balaban J connectivity index is 1.50. The van der Waals surface area contributed by atoms with E-state index in [-0.39, 0.29) is 23.7 Å². The van der Waals surface area contributed by atoms with E-state index in [1.807, 2.05) is 6.07 Å². The van der Waals surface area contributed by atoms with Crippen molar-refractivity contribution in [3.05, 3.63) is 59.5 Å². The third kappa shape index (κ3) is 4.33. The van der Waals surface area contributed by atoms with Crippen molar-refractivity contribution in [1.82, 2.24) is 10.3 Å². The fraction of sp³-hybridized carbons (Fsp3) is 0.455. The molecular weight excluding hydrogens is 357 g/mol. The van der Waals surface area contributed by atoms with Crippen molar-refractivity contribution in [3.8, 4) is 0 Å². The van der Waals surface area contributed by atoms with Crippen LogP contribution in [0.1, 0.15) is 41.6 Å². The highest BCUT2D eigenvalue weighted by molar-refractivity contribution is 5.95. The highest BCUT2D eigenvalue weighted by atomic mass is 19.1. The van der Waals surface area contributed by atoms with E-state index in [1.54, 1.807) is 24.4 Å². The number of anilines is 1. The maximum Gasteiger partial charge on any atom is 0.251 e. The van der Waals surface area contributed by atoms with E-state index in [0.29, 0.717) is 24.6 Å². The molecule has 1 atom stereocenters. The summed E-state index contributed by atoms with van der Waals surface area (Å²) in [6.07, 6.45) is 6.30. The number of carbonyl (C=O) groups is 1. The molecule has 1 aromatic heterocycles. The molecule has 2 aromatic rings. The lowest BCUT2D eigenvalue weighted by molar-refractivity contribution is 0.0950. The lowest BCUT2D eigenvalue weighted by atomic mass is 9.75. The number of pyridine rings is 1. The molecule has 0 radical (unpaired) electrons. The van der Waals surface area contributed by atoms with Crippen LogP contribution in [0.5, 0.6) is 0 Å². The number of carbonyl (C=O) groups excluding carboxylic acids is 1. The molecular formula is C22H26FN3O2. The molecule has 1 aromatic carbocycles. The Morgan fingerprint density at radius 2 is 2.07 bits per heavy atom. The molecule has 1 unspecified atom stereocenters. The van der Waals surface area contributed by atoms with Gasteiger partial charge in [-0.25, -0.2) is 9.37 Å². The van der Waals surface area contributed by atoms with Gasteiger partial charge in [0.1, 0.15) is 11.6 Å². The molecule has 1 saturated carbocycles. The van der Waals surface area contributed by atoms with Crippen molar-refractivity contribution in [2.45, 2.75) is 38.1 Å². The first kappa shape index (κ1) is 18.9. The van der Waals surface area contributed by atoms with Crippen LogP contribution < -0.4 is 10.2 Å². The van der Waals surface area contributed by atoms with E-state index in [4.69, 9.17) is 0 Å². The number of piperidine rings is 1. The molecule has 6 heteroatoms. The van der Waals surface area contributed by atoms with Crippen LogP contribution in [0.25, 0.3) is 0 Å². The molecule has 1 aliphatic heterocycles. The summed E-state index contributed by atoms with van der Waals surface area (Å²) in [4.78, 5) is 19.0. The van der Waals surface area contributed by atoms with Crippen LogP contribution in [0.15, 0.2) is 42.6 Å². The quantitative estimate of drug-likeness (QED) is 0.805. The van der Waals surface area contributed by atoms with Gasteiger partial charge in [-0.3, -0.25) is 4.79 Å². The summed E-state index contributed by atoms with van der Waals surface area (Å²) in [7, 11) is 0. The van der Waals surface area contributed by atoms with E-state index in [2.05, 4.69) is 15.2 Å². The summed E-state index contributed by atoms with van der Waals surface area (Å²) in [5.41, 5.74) is 1.34. The van der Waals surface area contributed by atoms with Crippen LogP contribution in [0.3, 0.4) is 0 Å². The van der Waals surface area contributed by atoms with Gasteiger partial charge in [-0.15, -0.1) is 0 Å². The number of rotatable bonds is 6. The maximum absolute atomic E-state index is 13.2. The largest absolute Gasteiger partial charge is 0.396 e. The van der Waals surface area contributed by atoms with Gasteiger partial charge in [0, 0.05) is 36.3 Å². The minimum absolute atomic E-state index is 0.0529. The molecule has 0 spiro atoms. The second kappa shape index (κ2) is 7.87. The number of hydrogen-bond acceptors (Lipinski definition) is 4. The first-order valence-electron chi connectivity index (χ1n) is 9.94. The highest BCUT2D eigenvalue weighted by Gasteiger charge is 2.36. The molecule has 2 aliphatic rings. The van der Waals surface area contributed by atoms with E-state index in [9.17, 15) is 14.3 Å². The fourth-order valence-electron chi connectivity index (χ4n) is 4.00. The number of aromatic nitrogens is 1. The van der Waals surface area contributed by atoms with Crippen molar-refractivity contribution in [2.24, 2.45) is 5.41 Å². The van der Waals surface area contributed by atoms with E-state index >= 15 is 0 Å². The number of benzene rings is 1. The fourth-order valence-corrected chi connectivity index (χ4v) is 4.00. The van der Waals surface area contributed by atoms with Gasteiger partial charge in [-0.1, -0.05) is 12.1 Å². The third-order valence-corrected chi connectivity index (χ3v) is 5.73. The van der Waals surface area contributed by atoms with Crippen molar-refractivity contribution in [1.29, 1.82) is 0 Å². The van der Waals surface area contributed by atoms with Crippen LogP contribution in [0, 0.1) is 11.2 Å². The number of nitrogens with zero attached hydrogens (tertiary/aromatic N) is 2.